The van der Waals surface area contributed by atoms with Gasteiger partial charge >= 0.3 is 0 Å². The van der Waals surface area contributed by atoms with Gasteiger partial charge in [0.05, 0.1) is 11.1 Å². The third-order valence-corrected chi connectivity index (χ3v) is 7.02. The van der Waals surface area contributed by atoms with Gasteiger partial charge in [-0.25, -0.2) is 8.42 Å². The van der Waals surface area contributed by atoms with E-state index in [2.05, 4.69) is 22.4 Å². The molecule has 26 heavy (non-hydrogen) atoms. The number of sulfonamides is 1. The van der Waals surface area contributed by atoms with Gasteiger partial charge in [0.15, 0.2) is 0 Å². The Morgan fingerprint density at radius 2 is 1.88 bits per heavy atom. The number of aromatic amines is 1. The summed E-state index contributed by atoms with van der Waals surface area (Å²) in [5.41, 5.74) is 2.26. The van der Waals surface area contributed by atoms with Gasteiger partial charge in [0.2, 0.25) is 10.0 Å². The normalized spacial score (nSPS) is 16.2. The lowest BCUT2D eigenvalue weighted by Crippen LogP contribution is -2.46. The summed E-state index contributed by atoms with van der Waals surface area (Å²) < 4.78 is 28.4. The van der Waals surface area contributed by atoms with E-state index in [0.29, 0.717) is 11.4 Å². The number of hydrogen-bond acceptors (Lipinski definition) is 4. The van der Waals surface area contributed by atoms with Crippen LogP contribution < -0.4 is 5.32 Å². The van der Waals surface area contributed by atoms with Crippen LogP contribution in [-0.4, -0.2) is 48.6 Å². The number of aromatic nitrogens is 2. The maximum absolute atomic E-state index is 13.3. The fraction of sp³-hybridized carbons (Fsp3) is 0.526. The first kappa shape index (κ1) is 19.1. The summed E-state index contributed by atoms with van der Waals surface area (Å²) in [6.07, 6.45) is 7.90. The zero-order chi connectivity index (χ0) is 18.4. The third-order valence-electron chi connectivity index (χ3n) is 5.05. The number of nitrogens with one attached hydrogen (secondary N) is 2. The minimum absolute atomic E-state index is 0.0662. The highest BCUT2D eigenvalue weighted by molar-refractivity contribution is 7.89. The molecule has 2 heterocycles. The van der Waals surface area contributed by atoms with Crippen molar-refractivity contribution in [3.05, 3.63) is 47.8 Å². The summed E-state index contributed by atoms with van der Waals surface area (Å²) in [5, 5.41) is 10.1. The van der Waals surface area contributed by atoms with E-state index in [1.165, 1.54) is 0 Å². The fourth-order valence-corrected chi connectivity index (χ4v) is 5.20. The minimum atomic E-state index is -3.48. The Labute approximate surface area is 156 Å². The molecule has 2 N–H and O–H groups in total. The standard InChI is InChI=1S/C19H28N4O2S/c1-2-16-5-7-19(8-6-16)26(24,25)23(18-9-11-20-12-10-18)13-3-4-17-14-21-22-15-17/h5-8,14-15,18,20H,2-4,9-13H2,1H3,(H,21,22). The van der Waals surface area contributed by atoms with Gasteiger partial charge in [0, 0.05) is 18.8 Å². The maximum Gasteiger partial charge on any atom is 0.243 e. The van der Waals surface area contributed by atoms with Crippen molar-refractivity contribution in [3.8, 4) is 0 Å². The zero-order valence-electron chi connectivity index (χ0n) is 15.3. The lowest BCUT2D eigenvalue weighted by atomic mass is 10.1. The van der Waals surface area contributed by atoms with E-state index in [0.717, 1.165) is 56.3 Å². The lowest BCUT2D eigenvalue weighted by molar-refractivity contribution is 0.260. The molecule has 1 fully saturated rings. The van der Waals surface area contributed by atoms with Crippen molar-refractivity contribution in [1.29, 1.82) is 0 Å². The molecule has 1 aromatic heterocycles. The number of nitrogens with zero attached hydrogens (tertiary/aromatic N) is 2. The fourth-order valence-electron chi connectivity index (χ4n) is 3.48. The molecule has 142 valence electrons. The predicted molar refractivity (Wildman–Crippen MR) is 103 cm³/mol. The van der Waals surface area contributed by atoms with Crippen LogP contribution in [0.3, 0.4) is 0 Å². The molecular weight excluding hydrogens is 348 g/mol. The summed E-state index contributed by atoms with van der Waals surface area (Å²) in [5.74, 6) is 0. The molecule has 0 aliphatic carbocycles. The molecular formula is C19H28N4O2S. The average Bonchev–Trinajstić information content (AvgIpc) is 3.19. The number of H-pyrrole nitrogens is 1. The molecule has 0 radical (unpaired) electrons. The molecule has 0 spiro atoms. The summed E-state index contributed by atoms with van der Waals surface area (Å²) >= 11 is 0. The quantitative estimate of drug-likeness (QED) is 0.741. The second-order valence-corrected chi connectivity index (χ2v) is 8.70. The highest BCUT2D eigenvalue weighted by Crippen LogP contribution is 2.24. The van der Waals surface area contributed by atoms with E-state index in [4.69, 9.17) is 0 Å². The van der Waals surface area contributed by atoms with E-state index < -0.39 is 10.0 Å². The SMILES string of the molecule is CCc1ccc(S(=O)(=O)N(CCCc2cn[nH]c2)C2CCNCC2)cc1. The second-order valence-electron chi connectivity index (χ2n) is 6.80. The van der Waals surface area contributed by atoms with Crippen LogP contribution in [0.1, 0.15) is 37.3 Å². The molecule has 0 unspecified atom stereocenters. The first-order chi connectivity index (χ1) is 12.6. The second kappa shape index (κ2) is 8.79. The molecule has 6 nitrogen and oxygen atoms in total. The van der Waals surface area contributed by atoms with Crippen molar-refractivity contribution in [3.63, 3.8) is 0 Å². The summed E-state index contributed by atoms with van der Waals surface area (Å²) in [6.45, 7) is 4.34. The molecule has 7 heteroatoms. The van der Waals surface area contributed by atoms with Crippen LogP contribution in [0, 0.1) is 0 Å². The molecule has 0 bridgehead atoms. The van der Waals surface area contributed by atoms with Gasteiger partial charge in [0.25, 0.3) is 0 Å². The molecule has 0 atom stereocenters. The third kappa shape index (κ3) is 4.52. The number of aryl methyl sites for hydroxylation is 2. The molecule has 0 amide bonds. The maximum atomic E-state index is 13.3. The Hall–Kier alpha value is -1.70. The first-order valence-corrected chi connectivity index (χ1v) is 10.8. The summed E-state index contributed by atoms with van der Waals surface area (Å²) in [7, 11) is -3.48. The molecule has 1 aromatic carbocycles. The highest BCUT2D eigenvalue weighted by atomic mass is 32.2. The van der Waals surface area contributed by atoms with Crippen LogP contribution in [0.25, 0.3) is 0 Å². The molecule has 1 aliphatic rings. The largest absolute Gasteiger partial charge is 0.317 e. The summed E-state index contributed by atoms with van der Waals surface area (Å²) in [6, 6.07) is 7.39. The van der Waals surface area contributed by atoms with Gasteiger partial charge < -0.3 is 5.32 Å². The van der Waals surface area contributed by atoms with Crippen molar-refractivity contribution in [2.75, 3.05) is 19.6 Å². The van der Waals surface area contributed by atoms with E-state index in [1.807, 2.05) is 18.3 Å². The minimum Gasteiger partial charge on any atom is -0.317 e. The van der Waals surface area contributed by atoms with Crippen LogP contribution in [0.2, 0.25) is 0 Å². The average molecular weight is 377 g/mol. The lowest BCUT2D eigenvalue weighted by Gasteiger charge is -2.33. The number of rotatable bonds is 8. The summed E-state index contributed by atoms with van der Waals surface area (Å²) in [4.78, 5) is 0.400. The Morgan fingerprint density at radius 1 is 1.15 bits per heavy atom. The van der Waals surface area contributed by atoms with Crippen molar-refractivity contribution in [2.45, 2.75) is 50.0 Å². The van der Waals surface area contributed by atoms with Gasteiger partial charge in [-0.2, -0.15) is 9.40 Å². The highest BCUT2D eigenvalue weighted by Gasteiger charge is 2.31. The predicted octanol–water partition coefficient (Wildman–Crippen LogP) is 2.35. The Morgan fingerprint density at radius 3 is 2.50 bits per heavy atom. The zero-order valence-corrected chi connectivity index (χ0v) is 16.1. The molecule has 3 rings (SSSR count). The van der Waals surface area contributed by atoms with Gasteiger partial charge in [0.1, 0.15) is 0 Å². The van der Waals surface area contributed by atoms with Crippen LogP contribution in [0.5, 0.6) is 0 Å². The number of benzene rings is 1. The van der Waals surface area contributed by atoms with Crippen molar-refractivity contribution in [1.82, 2.24) is 19.8 Å². The van der Waals surface area contributed by atoms with Crippen LogP contribution in [-0.2, 0) is 22.9 Å². The molecule has 1 saturated heterocycles. The Balaban J connectivity index is 1.77. The van der Waals surface area contributed by atoms with E-state index in [1.54, 1.807) is 22.6 Å². The monoisotopic (exact) mass is 376 g/mol. The van der Waals surface area contributed by atoms with Gasteiger partial charge in [-0.1, -0.05) is 19.1 Å². The van der Waals surface area contributed by atoms with Crippen molar-refractivity contribution in [2.24, 2.45) is 0 Å². The molecule has 0 saturated carbocycles. The van der Waals surface area contributed by atoms with Crippen molar-refractivity contribution < 1.29 is 8.42 Å². The number of piperidine rings is 1. The van der Waals surface area contributed by atoms with Gasteiger partial charge in [-0.15, -0.1) is 0 Å². The molecule has 1 aliphatic heterocycles. The van der Waals surface area contributed by atoms with Crippen LogP contribution in [0.4, 0.5) is 0 Å². The van der Waals surface area contributed by atoms with E-state index in [-0.39, 0.29) is 6.04 Å². The first-order valence-electron chi connectivity index (χ1n) is 9.40. The van der Waals surface area contributed by atoms with Gasteiger partial charge in [-0.05, 0) is 68.5 Å². The Bertz CT molecular complexity index is 766. The van der Waals surface area contributed by atoms with E-state index in [9.17, 15) is 8.42 Å². The smallest absolute Gasteiger partial charge is 0.243 e. The topological polar surface area (TPSA) is 78.1 Å². The van der Waals surface area contributed by atoms with E-state index >= 15 is 0 Å². The van der Waals surface area contributed by atoms with Crippen LogP contribution >= 0.6 is 0 Å². The van der Waals surface area contributed by atoms with Crippen LogP contribution in [0.15, 0.2) is 41.6 Å². The molecule has 2 aromatic rings. The van der Waals surface area contributed by atoms with Gasteiger partial charge in [-0.3, -0.25) is 5.10 Å². The number of hydrogen-bond donors (Lipinski definition) is 2. The Kier molecular flexibility index (Phi) is 6.45. The van der Waals surface area contributed by atoms with Crippen molar-refractivity contribution >= 4 is 10.0 Å².